The first-order chi connectivity index (χ1) is 4.19. The van der Waals surface area contributed by atoms with E-state index in [9.17, 15) is 9.90 Å². The van der Waals surface area contributed by atoms with Gasteiger partial charge in [-0.15, -0.1) is 0 Å². The van der Waals surface area contributed by atoms with Gasteiger partial charge < -0.3 is 10.2 Å². The molecule has 0 rings (SSSR count). The second-order valence-electron chi connectivity index (χ2n) is 2.94. The van der Waals surface area contributed by atoms with Gasteiger partial charge in [0.15, 0.2) is 5.60 Å². The molecule has 0 aromatic rings. The van der Waals surface area contributed by atoms with Crippen LogP contribution in [-0.2, 0) is 4.79 Å². The van der Waals surface area contributed by atoms with E-state index in [1.165, 1.54) is 6.92 Å². The van der Waals surface area contributed by atoms with Crippen LogP contribution in [0.4, 0.5) is 0 Å². The summed E-state index contributed by atoms with van der Waals surface area (Å²) in [5.74, 6) is -1.26. The molecular formula is C6H12O3S. The number of hydrogen-bond donors (Lipinski definition) is 3. The fraction of sp³-hybridized carbons (Fsp3) is 0.833. The van der Waals surface area contributed by atoms with Crippen molar-refractivity contribution in [2.75, 3.05) is 0 Å². The SMILES string of the molecule is CC(C)(S)C(C)(O)C(=O)O. The Kier molecular flexibility index (Phi) is 2.38. The normalized spacial score (nSPS) is 18.1. The summed E-state index contributed by atoms with van der Waals surface area (Å²) in [7, 11) is 0. The zero-order valence-corrected chi connectivity index (χ0v) is 7.14. The lowest BCUT2D eigenvalue weighted by atomic mass is 9.92. The Bertz CT molecular complexity index is 146. The number of rotatable bonds is 2. The van der Waals surface area contributed by atoms with Crippen molar-refractivity contribution in [2.24, 2.45) is 0 Å². The molecule has 0 aliphatic rings. The van der Waals surface area contributed by atoms with Gasteiger partial charge in [0, 0.05) is 4.75 Å². The van der Waals surface area contributed by atoms with Gasteiger partial charge in [-0.1, -0.05) is 0 Å². The molecule has 10 heavy (non-hydrogen) atoms. The molecule has 2 N–H and O–H groups in total. The summed E-state index contributed by atoms with van der Waals surface area (Å²) >= 11 is 3.94. The van der Waals surface area contributed by atoms with Crippen molar-refractivity contribution < 1.29 is 15.0 Å². The Morgan fingerprint density at radius 2 is 1.70 bits per heavy atom. The number of thiol groups is 1. The lowest BCUT2D eigenvalue weighted by molar-refractivity contribution is -0.159. The third kappa shape index (κ3) is 1.64. The predicted octanol–water partition coefficient (Wildman–Crippen LogP) is 0.530. The number of carboxylic acid groups (broad SMARTS) is 1. The van der Waals surface area contributed by atoms with Crippen molar-refractivity contribution in [1.82, 2.24) is 0 Å². The van der Waals surface area contributed by atoms with Crippen LogP contribution in [0.5, 0.6) is 0 Å². The monoisotopic (exact) mass is 164 g/mol. The fourth-order valence-corrected chi connectivity index (χ4v) is 0.357. The van der Waals surface area contributed by atoms with Crippen LogP contribution >= 0.6 is 12.6 Å². The molecule has 0 aromatic carbocycles. The van der Waals surface area contributed by atoms with Gasteiger partial charge in [-0.25, -0.2) is 4.79 Å². The number of aliphatic carboxylic acids is 1. The Morgan fingerprint density at radius 1 is 1.40 bits per heavy atom. The molecule has 0 fully saturated rings. The molecule has 0 spiro atoms. The highest BCUT2D eigenvalue weighted by molar-refractivity contribution is 7.81. The largest absolute Gasteiger partial charge is 0.479 e. The molecule has 0 heterocycles. The van der Waals surface area contributed by atoms with E-state index in [1.54, 1.807) is 13.8 Å². The molecule has 0 bridgehead atoms. The highest BCUT2D eigenvalue weighted by Crippen LogP contribution is 2.27. The van der Waals surface area contributed by atoms with Gasteiger partial charge in [0.05, 0.1) is 0 Å². The van der Waals surface area contributed by atoms with Crippen LogP contribution in [0.25, 0.3) is 0 Å². The Labute approximate surface area is 65.5 Å². The molecule has 0 aromatic heterocycles. The van der Waals surface area contributed by atoms with Crippen molar-refractivity contribution in [3.05, 3.63) is 0 Å². The lowest BCUT2D eigenvalue weighted by Gasteiger charge is -2.31. The highest BCUT2D eigenvalue weighted by atomic mass is 32.1. The number of carbonyl (C=O) groups is 1. The van der Waals surface area contributed by atoms with E-state index in [0.29, 0.717) is 0 Å². The standard InChI is InChI=1S/C6H12O3S/c1-5(2,10)6(3,9)4(7)8/h9-10H,1-3H3,(H,7,8). The van der Waals surface area contributed by atoms with Crippen molar-refractivity contribution in [3.8, 4) is 0 Å². The van der Waals surface area contributed by atoms with Crippen LogP contribution in [0.2, 0.25) is 0 Å². The van der Waals surface area contributed by atoms with Crippen molar-refractivity contribution in [2.45, 2.75) is 31.1 Å². The van der Waals surface area contributed by atoms with Gasteiger partial charge in [-0.05, 0) is 20.8 Å². The third-order valence-electron chi connectivity index (χ3n) is 1.61. The summed E-state index contributed by atoms with van der Waals surface area (Å²) in [4.78, 5) is 10.4. The molecule has 0 saturated heterocycles. The minimum atomic E-state index is -1.78. The topological polar surface area (TPSA) is 57.5 Å². The minimum absolute atomic E-state index is 0.932. The van der Waals surface area contributed by atoms with Gasteiger partial charge >= 0.3 is 5.97 Å². The van der Waals surface area contributed by atoms with Crippen LogP contribution in [0.3, 0.4) is 0 Å². The number of hydrogen-bond acceptors (Lipinski definition) is 3. The van der Waals surface area contributed by atoms with Crippen molar-refractivity contribution in [3.63, 3.8) is 0 Å². The van der Waals surface area contributed by atoms with Gasteiger partial charge in [-0.2, -0.15) is 12.6 Å². The minimum Gasteiger partial charge on any atom is -0.479 e. The summed E-state index contributed by atoms with van der Waals surface area (Å²) in [6.45, 7) is 4.32. The molecule has 4 heteroatoms. The average molecular weight is 164 g/mol. The zero-order chi connectivity index (χ0) is 8.58. The second-order valence-corrected chi connectivity index (χ2v) is 4.05. The first kappa shape index (κ1) is 9.78. The third-order valence-corrected chi connectivity index (χ3v) is 2.04. The number of carboxylic acids is 1. The van der Waals surface area contributed by atoms with Crippen molar-refractivity contribution in [1.29, 1.82) is 0 Å². The highest BCUT2D eigenvalue weighted by Gasteiger charge is 2.43. The van der Waals surface area contributed by atoms with E-state index >= 15 is 0 Å². The summed E-state index contributed by atoms with van der Waals surface area (Å²) in [5, 5.41) is 17.7. The zero-order valence-electron chi connectivity index (χ0n) is 6.25. The van der Waals surface area contributed by atoms with Crippen LogP contribution in [0, 0.1) is 0 Å². The van der Waals surface area contributed by atoms with E-state index in [4.69, 9.17) is 5.11 Å². The molecule has 1 unspecified atom stereocenters. The molecule has 1 atom stereocenters. The van der Waals surface area contributed by atoms with E-state index in [2.05, 4.69) is 12.6 Å². The average Bonchev–Trinajstić information content (AvgIpc) is 1.62. The molecule has 60 valence electrons. The van der Waals surface area contributed by atoms with Gasteiger partial charge in [0.2, 0.25) is 0 Å². The molecule has 0 aliphatic heterocycles. The summed E-state index contributed by atoms with van der Waals surface area (Å²) in [6.07, 6.45) is 0. The smallest absolute Gasteiger partial charge is 0.336 e. The maximum absolute atomic E-state index is 10.4. The summed E-state index contributed by atoms with van der Waals surface area (Å²) in [6, 6.07) is 0. The summed E-state index contributed by atoms with van der Waals surface area (Å²) in [5.41, 5.74) is -1.78. The van der Waals surface area contributed by atoms with E-state index in [0.717, 1.165) is 0 Å². The second kappa shape index (κ2) is 2.43. The summed E-state index contributed by atoms with van der Waals surface area (Å²) < 4.78 is -0.932. The van der Waals surface area contributed by atoms with Crippen LogP contribution in [-0.4, -0.2) is 26.5 Å². The lowest BCUT2D eigenvalue weighted by Crippen LogP contribution is -2.50. The predicted molar refractivity (Wildman–Crippen MR) is 41.3 cm³/mol. The first-order valence-corrected chi connectivity index (χ1v) is 3.32. The van der Waals surface area contributed by atoms with E-state index < -0.39 is 16.3 Å². The quantitative estimate of drug-likeness (QED) is 0.522. The maximum Gasteiger partial charge on any atom is 0.336 e. The van der Waals surface area contributed by atoms with Crippen molar-refractivity contribution >= 4 is 18.6 Å². The molecule has 3 nitrogen and oxygen atoms in total. The van der Waals surface area contributed by atoms with Gasteiger partial charge in [0.1, 0.15) is 0 Å². The van der Waals surface area contributed by atoms with Crippen LogP contribution < -0.4 is 0 Å². The van der Waals surface area contributed by atoms with Gasteiger partial charge in [0.25, 0.3) is 0 Å². The Morgan fingerprint density at radius 3 is 1.70 bits per heavy atom. The Hall–Kier alpha value is -0.220. The fourth-order valence-electron chi connectivity index (χ4n) is 0.262. The molecular weight excluding hydrogens is 152 g/mol. The first-order valence-electron chi connectivity index (χ1n) is 2.87. The maximum atomic E-state index is 10.4. The van der Waals surface area contributed by atoms with Gasteiger partial charge in [-0.3, -0.25) is 0 Å². The molecule has 0 radical (unpaired) electrons. The molecule has 0 amide bonds. The van der Waals surface area contributed by atoms with E-state index in [1.807, 2.05) is 0 Å². The number of aliphatic hydroxyl groups is 1. The van der Waals surface area contributed by atoms with E-state index in [-0.39, 0.29) is 0 Å². The molecule has 0 aliphatic carbocycles. The molecule has 0 saturated carbocycles. The van der Waals surface area contributed by atoms with Crippen LogP contribution in [0.1, 0.15) is 20.8 Å². The Balaban J connectivity index is 4.57. The van der Waals surface area contributed by atoms with Crippen LogP contribution in [0.15, 0.2) is 0 Å².